The maximum Gasteiger partial charge on any atom is 0.112 e. The van der Waals surface area contributed by atoms with Crippen LogP contribution in [-0.4, -0.2) is 15.9 Å². The van der Waals surface area contributed by atoms with Gasteiger partial charge in [-0.05, 0) is 54.5 Å². The highest BCUT2D eigenvalue weighted by Gasteiger charge is 2.17. The zero-order valence-electron chi connectivity index (χ0n) is 13.4. The van der Waals surface area contributed by atoms with Crippen LogP contribution in [0.2, 0.25) is 0 Å². The standard InChI is InChI=1S/C20H22N2O/c1-15(20(22-23)19-9-5-6-14-21-19)16-10-12-18(13-11-16)17-7-3-2-4-8-17/h5-7,9-15,23H,2-4,8H2,1H3. The molecule has 2 aromatic rings. The molecule has 0 bridgehead atoms. The predicted octanol–water partition coefficient (Wildman–Crippen LogP) is 5.02. The fourth-order valence-corrected chi connectivity index (χ4v) is 3.12. The van der Waals surface area contributed by atoms with Gasteiger partial charge < -0.3 is 5.21 Å². The fourth-order valence-electron chi connectivity index (χ4n) is 3.12. The van der Waals surface area contributed by atoms with Gasteiger partial charge in [0.2, 0.25) is 0 Å². The fraction of sp³-hybridized carbons (Fsp3) is 0.300. The van der Waals surface area contributed by atoms with E-state index in [1.807, 2.05) is 25.1 Å². The number of nitrogens with zero attached hydrogens (tertiary/aromatic N) is 2. The first kappa shape index (κ1) is 15.5. The second-order valence-corrected chi connectivity index (χ2v) is 6.02. The van der Waals surface area contributed by atoms with E-state index in [1.54, 1.807) is 6.20 Å². The molecular formula is C20H22N2O. The van der Waals surface area contributed by atoms with Gasteiger partial charge in [0.15, 0.2) is 0 Å². The molecule has 1 heterocycles. The average Bonchev–Trinajstić information content (AvgIpc) is 2.64. The molecule has 118 valence electrons. The second-order valence-electron chi connectivity index (χ2n) is 6.02. The molecule has 0 saturated carbocycles. The Kier molecular flexibility index (Phi) is 4.86. The first-order chi connectivity index (χ1) is 11.3. The Balaban J connectivity index is 1.82. The molecule has 1 aliphatic rings. The Bertz CT molecular complexity index is 702. The summed E-state index contributed by atoms with van der Waals surface area (Å²) in [6.45, 7) is 2.04. The lowest BCUT2D eigenvalue weighted by molar-refractivity contribution is 0.317. The Morgan fingerprint density at radius 2 is 1.96 bits per heavy atom. The summed E-state index contributed by atoms with van der Waals surface area (Å²) in [5.74, 6) is -0.00992. The summed E-state index contributed by atoms with van der Waals surface area (Å²) in [5.41, 5.74) is 5.19. The van der Waals surface area contributed by atoms with E-state index in [1.165, 1.54) is 36.8 Å². The third-order valence-electron chi connectivity index (χ3n) is 4.52. The Morgan fingerprint density at radius 1 is 1.13 bits per heavy atom. The van der Waals surface area contributed by atoms with Crippen molar-refractivity contribution in [3.05, 3.63) is 71.6 Å². The van der Waals surface area contributed by atoms with Crippen molar-refractivity contribution in [1.82, 2.24) is 4.98 Å². The number of hydrogen-bond acceptors (Lipinski definition) is 3. The molecule has 0 spiro atoms. The van der Waals surface area contributed by atoms with Crippen molar-refractivity contribution in [2.45, 2.75) is 38.5 Å². The molecule has 3 nitrogen and oxygen atoms in total. The monoisotopic (exact) mass is 306 g/mol. The molecule has 0 aliphatic heterocycles. The van der Waals surface area contributed by atoms with Crippen molar-refractivity contribution in [1.29, 1.82) is 0 Å². The molecule has 1 unspecified atom stereocenters. The maximum atomic E-state index is 9.41. The van der Waals surface area contributed by atoms with Crippen molar-refractivity contribution in [2.75, 3.05) is 0 Å². The number of oxime groups is 1. The largest absolute Gasteiger partial charge is 0.411 e. The summed E-state index contributed by atoms with van der Waals surface area (Å²) in [4.78, 5) is 4.29. The third kappa shape index (κ3) is 3.50. The Morgan fingerprint density at radius 3 is 2.57 bits per heavy atom. The molecule has 3 heteroatoms. The van der Waals surface area contributed by atoms with Gasteiger partial charge in [-0.2, -0.15) is 0 Å². The van der Waals surface area contributed by atoms with Crippen LogP contribution in [-0.2, 0) is 0 Å². The van der Waals surface area contributed by atoms with Gasteiger partial charge in [0.1, 0.15) is 5.71 Å². The van der Waals surface area contributed by atoms with Crippen LogP contribution in [0.3, 0.4) is 0 Å². The van der Waals surface area contributed by atoms with Gasteiger partial charge in [-0.3, -0.25) is 4.98 Å². The van der Waals surface area contributed by atoms with Crippen molar-refractivity contribution in [3.8, 4) is 0 Å². The van der Waals surface area contributed by atoms with Gasteiger partial charge in [0.05, 0.1) is 5.69 Å². The topological polar surface area (TPSA) is 45.5 Å². The van der Waals surface area contributed by atoms with E-state index >= 15 is 0 Å². The van der Waals surface area contributed by atoms with Crippen LogP contribution in [0.15, 0.2) is 59.9 Å². The van der Waals surface area contributed by atoms with Crippen LogP contribution in [0.25, 0.3) is 5.57 Å². The smallest absolute Gasteiger partial charge is 0.112 e. The lowest BCUT2D eigenvalue weighted by atomic mass is 9.90. The lowest BCUT2D eigenvalue weighted by Crippen LogP contribution is -2.12. The van der Waals surface area contributed by atoms with Gasteiger partial charge in [-0.15, -0.1) is 0 Å². The highest BCUT2D eigenvalue weighted by molar-refractivity contribution is 6.03. The summed E-state index contributed by atoms with van der Waals surface area (Å²) in [7, 11) is 0. The Hall–Kier alpha value is -2.42. The van der Waals surface area contributed by atoms with Crippen molar-refractivity contribution in [3.63, 3.8) is 0 Å². The number of hydrogen-bond donors (Lipinski definition) is 1. The quantitative estimate of drug-likeness (QED) is 0.489. The summed E-state index contributed by atoms with van der Waals surface area (Å²) in [6, 6.07) is 14.2. The third-order valence-corrected chi connectivity index (χ3v) is 4.52. The molecule has 0 fully saturated rings. The van der Waals surface area contributed by atoms with E-state index in [-0.39, 0.29) is 5.92 Å². The van der Waals surface area contributed by atoms with E-state index in [9.17, 15) is 5.21 Å². The molecule has 1 aromatic carbocycles. The van der Waals surface area contributed by atoms with Crippen molar-refractivity contribution >= 4 is 11.3 Å². The number of aromatic nitrogens is 1. The van der Waals surface area contributed by atoms with E-state index < -0.39 is 0 Å². The SMILES string of the molecule is CC(C(=NO)c1ccccn1)c1ccc(C2=CCCCC2)cc1. The number of allylic oxidation sites excluding steroid dienone is 2. The minimum absolute atomic E-state index is 0.00992. The highest BCUT2D eigenvalue weighted by Crippen LogP contribution is 2.28. The zero-order chi connectivity index (χ0) is 16.1. The maximum absolute atomic E-state index is 9.41. The van der Waals surface area contributed by atoms with E-state index in [2.05, 4.69) is 40.5 Å². The molecular weight excluding hydrogens is 284 g/mol. The van der Waals surface area contributed by atoms with Gasteiger partial charge in [0.25, 0.3) is 0 Å². The molecule has 0 saturated heterocycles. The van der Waals surface area contributed by atoms with E-state index in [4.69, 9.17) is 0 Å². The molecule has 1 N–H and O–H groups in total. The van der Waals surface area contributed by atoms with Crippen molar-refractivity contribution in [2.24, 2.45) is 5.16 Å². The first-order valence-corrected chi connectivity index (χ1v) is 8.22. The normalized spacial score (nSPS) is 16.7. The van der Waals surface area contributed by atoms with E-state index in [0.717, 1.165) is 5.56 Å². The molecule has 0 amide bonds. The van der Waals surface area contributed by atoms with Crippen LogP contribution >= 0.6 is 0 Å². The lowest BCUT2D eigenvalue weighted by Gasteiger charge is -2.16. The van der Waals surface area contributed by atoms with Crippen LogP contribution in [0, 0.1) is 0 Å². The molecule has 1 atom stereocenters. The minimum Gasteiger partial charge on any atom is -0.411 e. The summed E-state index contributed by atoms with van der Waals surface area (Å²) >= 11 is 0. The first-order valence-electron chi connectivity index (χ1n) is 8.22. The average molecular weight is 306 g/mol. The molecule has 3 rings (SSSR count). The van der Waals surface area contributed by atoms with Crippen LogP contribution in [0.4, 0.5) is 0 Å². The van der Waals surface area contributed by atoms with Crippen LogP contribution in [0.1, 0.15) is 55.3 Å². The summed E-state index contributed by atoms with van der Waals surface area (Å²) in [6.07, 6.45) is 9.02. The Labute approximate surface area is 137 Å². The number of pyridine rings is 1. The van der Waals surface area contributed by atoms with Crippen molar-refractivity contribution < 1.29 is 5.21 Å². The van der Waals surface area contributed by atoms with Gasteiger partial charge in [0, 0.05) is 12.1 Å². The minimum atomic E-state index is -0.00992. The van der Waals surface area contributed by atoms with Gasteiger partial charge in [-0.1, -0.05) is 48.5 Å². The highest BCUT2D eigenvalue weighted by atomic mass is 16.4. The molecule has 23 heavy (non-hydrogen) atoms. The molecule has 1 aromatic heterocycles. The summed E-state index contributed by atoms with van der Waals surface area (Å²) < 4.78 is 0. The van der Waals surface area contributed by atoms with Gasteiger partial charge >= 0.3 is 0 Å². The zero-order valence-corrected chi connectivity index (χ0v) is 13.4. The van der Waals surface area contributed by atoms with Crippen LogP contribution < -0.4 is 0 Å². The van der Waals surface area contributed by atoms with E-state index in [0.29, 0.717) is 11.4 Å². The van der Waals surface area contributed by atoms with Gasteiger partial charge in [-0.25, -0.2) is 0 Å². The number of rotatable bonds is 4. The number of benzene rings is 1. The van der Waals surface area contributed by atoms with Crippen LogP contribution in [0.5, 0.6) is 0 Å². The predicted molar refractivity (Wildman–Crippen MR) is 93.9 cm³/mol. The summed E-state index contributed by atoms with van der Waals surface area (Å²) in [5, 5.41) is 12.9. The molecule has 1 aliphatic carbocycles. The molecule has 0 radical (unpaired) electrons. The second kappa shape index (κ2) is 7.23.